The molecule has 1 saturated carbocycles. The van der Waals surface area contributed by atoms with Gasteiger partial charge in [-0.15, -0.1) is 0 Å². The summed E-state index contributed by atoms with van der Waals surface area (Å²) in [4.78, 5) is 11.0. The highest BCUT2D eigenvalue weighted by Crippen LogP contribution is 2.27. The second-order valence-electron chi connectivity index (χ2n) is 3.88. The normalized spacial score (nSPS) is 28.7. The van der Waals surface area contributed by atoms with E-state index in [4.69, 9.17) is 4.18 Å². The number of hydrogen-bond acceptors (Lipinski definition) is 4. The highest BCUT2D eigenvalue weighted by Gasteiger charge is 2.26. The lowest BCUT2D eigenvalue weighted by molar-refractivity contribution is -0.122. The number of ketones is 1. The van der Waals surface area contributed by atoms with E-state index in [1.165, 1.54) is 0 Å². The third-order valence-corrected chi connectivity index (χ3v) is 3.18. The maximum absolute atomic E-state index is 11.0. The minimum atomic E-state index is -3.35. The van der Waals surface area contributed by atoms with Gasteiger partial charge in [-0.25, -0.2) is 0 Å². The monoisotopic (exact) mass is 220 g/mol. The van der Waals surface area contributed by atoms with E-state index in [0.29, 0.717) is 12.8 Å². The van der Waals surface area contributed by atoms with Crippen LogP contribution in [-0.2, 0) is 19.1 Å². The highest BCUT2D eigenvalue weighted by molar-refractivity contribution is 7.86. The molecule has 14 heavy (non-hydrogen) atoms. The van der Waals surface area contributed by atoms with Crippen LogP contribution in [-0.4, -0.2) is 26.6 Å². The summed E-state index contributed by atoms with van der Waals surface area (Å²) in [5.41, 5.74) is 0. The van der Waals surface area contributed by atoms with Crippen molar-refractivity contribution in [3.63, 3.8) is 0 Å². The van der Waals surface area contributed by atoms with Gasteiger partial charge in [-0.2, -0.15) is 8.42 Å². The van der Waals surface area contributed by atoms with E-state index in [9.17, 15) is 13.2 Å². The summed E-state index contributed by atoms with van der Waals surface area (Å²) in [5, 5.41) is 0. The Bertz CT molecular complexity index is 299. The molecule has 0 saturated heterocycles. The zero-order chi connectivity index (χ0) is 10.8. The maximum atomic E-state index is 11.0. The fraction of sp³-hybridized carbons (Fsp3) is 0.889. The van der Waals surface area contributed by atoms with Gasteiger partial charge in [-0.05, 0) is 32.6 Å². The van der Waals surface area contributed by atoms with Gasteiger partial charge in [0.15, 0.2) is 0 Å². The predicted octanol–water partition coefficient (Wildman–Crippen LogP) is 1.11. The second-order valence-corrected chi connectivity index (χ2v) is 5.49. The first-order valence-corrected chi connectivity index (χ1v) is 6.59. The number of Topliss-reactive ketones (excluding diaryl/α,β-unsaturated/α-hetero) is 1. The minimum absolute atomic E-state index is 0.106. The molecule has 82 valence electrons. The molecule has 0 N–H and O–H groups in total. The molecule has 0 aromatic rings. The lowest BCUT2D eigenvalue weighted by Gasteiger charge is -2.25. The lowest BCUT2D eigenvalue weighted by atomic mass is 9.85. The van der Waals surface area contributed by atoms with Crippen LogP contribution in [0.1, 0.15) is 32.6 Å². The summed E-state index contributed by atoms with van der Waals surface area (Å²) in [6.45, 7) is 1.59. The van der Waals surface area contributed by atoms with Crippen LogP contribution in [0.3, 0.4) is 0 Å². The van der Waals surface area contributed by atoms with Gasteiger partial charge in [0, 0.05) is 5.92 Å². The zero-order valence-corrected chi connectivity index (χ0v) is 9.34. The topological polar surface area (TPSA) is 60.4 Å². The largest absolute Gasteiger partial charge is 0.300 e. The lowest BCUT2D eigenvalue weighted by Crippen LogP contribution is -2.26. The van der Waals surface area contributed by atoms with E-state index >= 15 is 0 Å². The highest BCUT2D eigenvalue weighted by atomic mass is 32.2. The molecular weight excluding hydrogens is 204 g/mol. The molecule has 4 nitrogen and oxygen atoms in total. The van der Waals surface area contributed by atoms with Gasteiger partial charge in [0.05, 0.1) is 12.4 Å². The molecule has 0 aliphatic heterocycles. The first-order valence-electron chi connectivity index (χ1n) is 4.77. The summed E-state index contributed by atoms with van der Waals surface area (Å²) >= 11 is 0. The fourth-order valence-corrected chi connectivity index (χ4v) is 2.50. The Kier molecular flexibility index (Phi) is 3.66. The molecule has 0 amide bonds. The molecule has 0 bridgehead atoms. The van der Waals surface area contributed by atoms with E-state index in [1.54, 1.807) is 6.92 Å². The Morgan fingerprint density at radius 3 is 2.07 bits per heavy atom. The summed E-state index contributed by atoms with van der Waals surface area (Å²) in [5.74, 6) is 0.303. The molecule has 5 heteroatoms. The Morgan fingerprint density at radius 2 is 1.71 bits per heavy atom. The van der Waals surface area contributed by atoms with Gasteiger partial charge in [-0.1, -0.05) is 0 Å². The van der Waals surface area contributed by atoms with Crippen molar-refractivity contribution in [2.45, 2.75) is 38.7 Å². The van der Waals surface area contributed by atoms with E-state index in [0.717, 1.165) is 19.1 Å². The average molecular weight is 220 g/mol. The molecule has 0 atom stereocenters. The average Bonchev–Trinajstić information content (AvgIpc) is 2.02. The summed E-state index contributed by atoms with van der Waals surface area (Å²) in [7, 11) is -3.35. The third kappa shape index (κ3) is 3.75. The van der Waals surface area contributed by atoms with Crippen LogP contribution >= 0.6 is 0 Å². The van der Waals surface area contributed by atoms with Gasteiger partial charge in [0.1, 0.15) is 5.78 Å². The molecule has 0 aromatic carbocycles. The van der Waals surface area contributed by atoms with Crippen LogP contribution in [0.2, 0.25) is 0 Å². The van der Waals surface area contributed by atoms with Gasteiger partial charge >= 0.3 is 0 Å². The first-order chi connectivity index (χ1) is 6.38. The molecular formula is C9H16O4S. The Balaban J connectivity index is 2.40. The zero-order valence-electron chi connectivity index (χ0n) is 8.52. The van der Waals surface area contributed by atoms with Crippen molar-refractivity contribution in [3.8, 4) is 0 Å². The van der Waals surface area contributed by atoms with E-state index < -0.39 is 10.1 Å². The van der Waals surface area contributed by atoms with Crippen LogP contribution in [0, 0.1) is 5.92 Å². The molecule has 0 radical (unpaired) electrons. The Labute approximate surface area is 84.8 Å². The number of carbonyl (C=O) groups is 1. The van der Waals surface area contributed by atoms with Crippen molar-refractivity contribution in [3.05, 3.63) is 0 Å². The van der Waals surface area contributed by atoms with Crippen molar-refractivity contribution < 1.29 is 17.4 Å². The van der Waals surface area contributed by atoms with Gasteiger partial charge in [-0.3, -0.25) is 8.98 Å². The van der Waals surface area contributed by atoms with Crippen molar-refractivity contribution in [1.29, 1.82) is 0 Å². The van der Waals surface area contributed by atoms with Crippen LogP contribution in [0.25, 0.3) is 0 Å². The maximum Gasteiger partial charge on any atom is 0.264 e. The summed E-state index contributed by atoms with van der Waals surface area (Å²) in [6, 6.07) is 0. The predicted molar refractivity (Wildman–Crippen MR) is 52.4 cm³/mol. The quantitative estimate of drug-likeness (QED) is 0.668. The van der Waals surface area contributed by atoms with Gasteiger partial charge in [0.2, 0.25) is 0 Å². The van der Waals surface area contributed by atoms with E-state index in [1.807, 2.05) is 0 Å². The third-order valence-electron chi connectivity index (χ3n) is 2.56. The minimum Gasteiger partial charge on any atom is -0.300 e. The van der Waals surface area contributed by atoms with Crippen LogP contribution in [0.4, 0.5) is 0 Å². The van der Waals surface area contributed by atoms with Gasteiger partial charge in [0.25, 0.3) is 10.1 Å². The van der Waals surface area contributed by atoms with Gasteiger partial charge < -0.3 is 0 Å². The molecule has 1 rings (SSSR count). The molecule has 1 fully saturated rings. The molecule has 0 heterocycles. The van der Waals surface area contributed by atoms with E-state index in [-0.39, 0.29) is 17.8 Å². The molecule has 0 unspecified atom stereocenters. The Hall–Kier alpha value is -0.420. The second kappa shape index (κ2) is 4.40. The SMILES string of the molecule is CC(=O)[C@H]1CC[C@@H](OS(C)(=O)=O)CC1. The first kappa shape index (κ1) is 11.7. The smallest absolute Gasteiger partial charge is 0.264 e. The Morgan fingerprint density at radius 1 is 1.21 bits per heavy atom. The molecule has 1 aliphatic rings. The number of carbonyl (C=O) groups excluding carboxylic acids is 1. The van der Waals surface area contributed by atoms with Crippen LogP contribution in [0.5, 0.6) is 0 Å². The van der Waals surface area contributed by atoms with E-state index in [2.05, 4.69) is 0 Å². The van der Waals surface area contributed by atoms with Crippen molar-refractivity contribution in [2.24, 2.45) is 5.92 Å². The van der Waals surface area contributed by atoms with Crippen LogP contribution in [0.15, 0.2) is 0 Å². The number of rotatable bonds is 3. The van der Waals surface area contributed by atoms with Crippen molar-refractivity contribution in [2.75, 3.05) is 6.26 Å². The molecule has 0 aromatic heterocycles. The van der Waals surface area contributed by atoms with Crippen molar-refractivity contribution >= 4 is 15.9 Å². The standard InChI is InChI=1S/C9H16O4S/c1-7(10)8-3-5-9(6-4-8)13-14(2,11)12/h8-9H,3-6H2,1-2H3/t8-,9+. The van der Waals surface area contributed by atoms with Crippen LogP contribution < -0.4 is 0 Å². The fourth-order valence-electron chi connectivity index (χ4n) is 1.81. The summed E-state index contributed by atoms with van der Waals surface area (Å²) < 4.78 is 26.5. The number of hydrogen-bond donors (Lipinski definition) is 0. The van der Waals surface area contributed by atoms with Crippen molar-refractivity contribution in [1.82, 2.24) is 0 Å². The molecule has 0 spiro atoms. The summed E-state index contributed by atoms with van der Waals surface area (Å²) in [6.07, 6.45) is 3.66. The molecule has 1 aliphatic carbocycles.